The number of carbonyl (C=O) groups is 1. The van der Waals surface area contributed by atoms with E-state index < -0.39 is 0 Å². The van der Waals surface area contributed by atoms with Crippen LogP contribution in [0.2, 0.25) is 0 Å². The number of esters is 1. The first-order valence-electron chi connectivity index (χ1n) is 5.32. The standard InChI is InChI=1S/C10H21N3O3/c1-4-11-10(13-7-8-15-2)12-6-5-9(14)16-3/h4-8H2,1-3H3,(H2,11,12,13). The van der Waals surface area contributed by atoms with Crippen molar-refractivity contribution in [2.75, 3.05) is 40.5 Å². The molecule has 0 fully saturated rings. The number of aliphatic imine (C=N–C) groups is 1. The van der Waals surface area contributed by atoms with Gasteiger partial charge in [0, 0.05) is 20.2 Å². The number of guanidine groups is 1. The average Bonchev–Trinajstić information content (AvgIpc) is 2.29. The summed E-state index contributed by atoms with van der Waals surface area (Å²) in [5.74, 6) is 0.448. The second kappa shape index (κ2) is 10.2. The Kier molecular flexibility index (Phi) is 9.39. The molecule has 0 aromatic heterocycles. The van der Waals surface area contributed by atoms with Crippen LogP contribution in [0.1, 0.15) is 13.3 Å². The third-order valence-corrected chi connectivity index (χ3v) is 1.76. The third-order valence-electron chi connectivity index (χ3n) is 1.76. The third kappa shape index (κ3) is 8.05. The molecule has 0 aromatic carbocycles. The summed E-state index contributed by atoms with van der Waals surface area (Å²) in [4.78, 5) is 15.1. The van der Waals surface area contributed by atoms with Crippen LogP contribution in [-0.2, 0) is 14.3 Å². The highest BCUT2D eigenvalue weighted by Crippen LogP contribution is 1.82. The molecule has 0 aliphatic rings. The van der Waals surface area contributed by atoms with E-state index in [9.17, 15) is 4.79 Å². The largest absolute Gasteiger partial charge is 0.469 e. The molecule has 94 valence electrons. The SMILES string of the molecule is CCNC(=NCCOC)NCCC(=O)OC. The van der Waals surface area contributed by atoms with Crippen LogP contribution in [0.25, 0.3) is 0 Å². The number of ether oxygens (including phenoxy) is 2. The number of methoxy groups -OCH3 is 2. The van der Waals surface area contributed by atoms with E-state index in [-0.39, 0.29) is 5.97 Å². The van der Waals surface area contributed by atoms with Gasteiger partial charge in [-0.2, -0.15) is 0 Å². The van der Waals surface area contributed by atoms with E-state index >= 15 is 0 Å². The minimum atomic E-state index is -0.236. The van der Waals surface area contributed by atoms with E-state index in [1.54, 1.807) is 7.11 Å². The highest BCUT2D eigenvalue weighted by Gasteiger charge is 2.01. The molecular weight excluding hydrogens is 210 g/mol. The molecule has 0 radical (unpaired) electrons. The number of nitrogens with one attached hydrogen (secondary N) is 2. The molecule has 0 aliphatic carbocycles. The van der Waals surface area contributed by atoms with Crippen molar-refractivity contribution < 1.29 is 14.3 Å². The van der Waals surface area contributed by atoms with Gasteiger partial charge in [0.25, 0.3) is 0 Å². The maximum Gasteiger partial charge on any atom is 0.307 e. The van der Waals surface area contributed by atoms with Crippen LogP contribution in [0.5, 0.6) is 0 Å². The average molecular weight is 231 g/mol. The van der Waals surface area contributed by atoms with E-state index in [0.717, 1.165) is 6.54 Å². The van der Waals surface area contributed by atoms with Crippen molar-refractivity contribution in [2.45, 2.75) is 13.3 Å². The zero-order valence-electron chi connectivity index (χ0n) is 10.2. The van der Waals surface area contributed by atoms with Crippen molar-refractivity contribution in [3.8, 4) is 0 Å². The Morgan fingerprint density at radius 1 is 1.31 bits per heavy atom. The van der Waals surface area contributed by atoms with Gasteiger partial charge in [0.2, 0.25) is 0 Å². The fraction of sp³-hybridized carbons (Fsp3) is 0.800. The van der Waals surface area contributed by atoms with E-state index in [1.165, 1.54) is 7.11 Å². The summed E-state index contributed by atoms with van der Waals surface area (Å²) in [6, 6.07) is 0. The first-order valence-corrected chi connectivity index (χ1v) is 5.32. The van der Waals surface area contributed by atoms with Gasteiger partial charge in [-0.05, 0) is 6.92 Å². The Hall–Kier alpha value is -1.30. The first kappa shape index (κ1) is 14.7. The molecule has 0 bridgehead atoms. The molecule has 0 atom stereocenters. The predicted octanol–water partition coefficient (Wildman–Crippen LogP) is -0.249. The summed E-state index contributed by atoms with van der Waals surface area (Å²) in [5, 5.41) is 6.09. The number of carbonyl (C=O) groups excluding carboxylic acids is 1. The van der Waals surface area contributed by atoms with Gasteiger partial charge in [-0.15, -0.1) is 0 Å². The summed E-state index contributed by atoms with van der Waals surface area (Å²) in [5.41, 5.74) is 0. The molecule has 2 N–H and O–H groups in total. The molecule has 0 saturated heterocycles. The molecule has 0 amide bonds. The Labute approximate surface area is 96.4 Å². The summed E-state index contributed by atoms with van der Waals surface area (Å²) >= 11 is 0. The number of rotatable bonds is 7. The van der Waals surface area contributed by atoms with Crippen molar-refractivity contribution in [3.05, 3.63) is 0 Å². The molecule has 0 heterocycles. The Bertz CT molecular complexity index is 219. The van der Waals surface area contributed by atoms with Gasteiger partial charge in [0.05, 0.1) is 26.7 Å². The van der Waals surface area contributed by atoms with Gasteiger partial charge >= 0.3 is 5.97 Å². The minimum absolute atomic E-state index is 0.236. The van der Waals surface area contributed by atoms with Crippen LogP contribution in [-0.4, -0.2) is 52.4 Å². The highest BCUT2D eigenvalue weighted by molar-refractivity contribution is 5.80. The second-order valence-electron chi connectivity index (χ2n) is 3.01. The summed E-state index contributed by atoms with van der Waals surface area (Å²) < 4.78 is 9.43. The van der Waals surface area contributed by atoms with Gasteiger partial charge in [0.1, 0.15) is 0 Å². The molecule has 0 unspecified atom stereocenters. The molecule has 0 saturated carbocycles. The fourth-order valence-corrected chi connectivity index (χ4v) is 0.976. The molecule has 6 nitrogen and oxygen atoms in total. The smallest absolute Gasteiger partial charge is 0.307 e. The molecule has 16 heavy (non-hydrogen) atoms. The lowest BCUT2D eigenvalue weighted by molar-refractivity contribution is -0.140. The van der Waals surface area contributed by atoms with Gasteiger partial charge in [-0.25, -0.2) is 0 Å². The van der Waals surface area contributed by atoms with Crippen LogP contribution in [0.4, 0.5) is 0 Å². The molecule has 0 rings (SSSR count). The van der Waals surface area contributed by atoms with Crippen molar-refractivity contribution in [1.29, 1.82) is 0 Å². The Balaban J connectivity index is 3.83. The monoisotopic (exact) mass is 231 g/mol. The van der Waals surface area contributed by atoms with Gasteiger partial charge in [-0.1, -0.05) is 0 Å². The summed E-state index contributed by atoms with van der Waals surface area (Å²) in [6.45, 7) is 4.42. The summed E-state index contributed by atoms with van der Waals surface area (Å²) in [7, 11) is 3.01. The van der Waals surface area contributed by atoms with Crippen LogP contribution in [0.3, 0.4) is 0 Å². The van der Waals surface area contributed by atoms with Crippen LogP contribution in [0, 0.1) is 0 Å². The quantitative estimate of drug-likeness (QED) is 0.274. The molecule has 0 aromatic rings. The first-order chi connectivity index (χ1) is 7.74. The number of nitrogens with zero attached hydrogens (tertiary/aromatic N) is 1. The minimum Gasteiger partial charge on any atom is -0.469 e. The lowest BCUT2D eigenvalue weighted by Gasteiger charge is -2.10. The predicted molar refractivity (Wildman–Crippen MR) is 62.5 cm³/mol. The van der Waals surface area contributed by atoms with E-state index in [0.29, 0.717) is 32.1 Å². The lowest BCUT2D eigenvalue weighted by atomic mass is 10.4. The zero-order chi connectivity index (χ0) is 12.2. The van der Waals surface area contributed by atoms with E-state index in [2.05, 4.69) is 20.4 Å². The Morgan fingerprint density at radius 2 is 2.06 bits per heavy atom. The molecule has 0 aliphatic heterocycles. The molecule has 0 spiro atoms. The number of hydrogen-bond acceptors (Lipinski definition) is 4. The summed E-state index contributed by atoms with van der Waals surface area (Å²) in [6.07, 6.45) is 0.325. The van der Waals surface area contributed by atoms with Crippen molar-refractivity contribution in [3.63, 3.8) is 0 Å². The van der Waals surface area contributed by atoms with Crippen LogP contribution < -0.4 is 10.6 Å². The maximum absolute atomic E-state index is 10.9. The van der Waals surface area contributed by atoms with Crippen LogP contribution in [0.15, 0.2) is 4.99 Å². The van der Waals surface area contributed by atoms with Crippen molar-refractivity contribution in [1.82, 2.24) is 10.6 Å². The van der Waals surface area contributed by atoms with E-state index in [4.69, 9.17) is 4.74 Å². The van der Waals surface area contributed by atoms with Gasteiger partial charge in [-0.3, -0.25) is 9.79 Å². The highest BCUT2D eigenvalue weighted by atomic mass is 16.5. The Morgan fingerprint density at radius 3 is 2.62 bits per heavy atom. The number of hydrogen-bond donors (Lipinski definition) is 2. The van der Waals surface area contributed by atoms with E-state index in [1.807, 2.05) is 6.92 Å². The topological polar surface area (TPSA) is 72.0 Å². The molecular formula is C10H21N3O3. The van der Waals surface area contributed by atoms with Crippen molar-refractivity contribution >= 4 is 11.9 Å². The second-order valence-corrected chi connectivity index (χ2v) is 3.01. The fourth-order valence-electron chi connectivity index (χ4n) is 0.976. The lowest BCUT2D eigenvalue weighted by Crippen LogP contribution is -2.38. The normalized spacial score (nSPS) is 11.1. The van der Waals surface area contributed by atoms with Gasteiger partial charge < -0.3 is 20.1 Å². The zero-order valence-corrected chi connectivity index (χ0v) is 10.2. The maximum atomic E-state index is 10.9. The molecule has 6 heteroatoms. The van der Waals surface area contributed by atoms with Crippen molar-refractivity contribution in [2.24, 2.45) is 4.99 Å². The van der Waals surface area contributed by atoms with Gasteiger partial charge in [0.15, 0.2) is 5.96 Å². The van der Waals surface area contributed by atoms with Crippen LogP contribution >= 0.6 is 0 Å².